The summed E-state index contributed by atoms with van der Waals surface area (Å²) in [7, 11) is 0. The van der Waals surface area contributed by atoms with Gasteiger partial charge < -0.3 is 16.8 Å². The molecule has 7 nitrogen and oxygen atoms in total. The molecule has 5 N–H and O–H groups in total. The maximum absolute atomic E-state index is 11.9. The summed E-state index contributed by atoms with van der Waals surface area (Å²) < 4.78 is 1.39. The highest BCUT2D eigenvalue weighted by molar-refractivity contribution is 5.90. The van der Waals surface area contributed by atoms with Gasteiger partial charge in [-0.3, -0.25) is 14.3 Å². The molecule has 1 aliphatic carbocycles. The summed E-state index contributed by atoms with van der Waals surface area (Å²) in [6.45, 7) is 0.00334. The maximum Gasteiger partial charge on any atom is 0.239 e. The zero-order valence-corrected chi connectivity index (χ0v) is 10.7. The molecule has 2 rings (SSSR count). The lowest BCUT2D eigenvalue weighted by Gasteiger charge is -2.14. The van der Waals surface area contributed by atoms with Crippen LogP contribution in [0.5, 0.6) is 0 Å². The summed E-state index contributed by atoms with van der Waals surface area (Å²) in [5.74, 6) is -0.278. The Balaban J connectivity index is 1.84. The highest BCUT2D eigenvalue weighted by Crippen LogP contribution is 2.27. The number of amides is 2. The minimum absolute atomic E-state index is 0.00334. The van der Waals surface area contributed by atoms with Gasteiger partial charge in [-0.2, -0.15) is 5.10 Å². The van der Waals surface area contributed by atoms with Crippen molar-refractivity contribution in [3.8, 4) is 0 Å². The molecule has 1 fully saturated rings. The van der Waals surface area contributed by atoms with E-state index in [-0.39, 0.29) is 24.4 Å². The molecule has 0 radical (unpaired) electrons. The number of primary amides is 1. The van der Waals surface area contributed by atoms with Crippen molar-refractivity contribution in [2.45, 2.75) is 38.3 Å². The van der Waals surface area contributed by atoms with Crippen LogP contribution in [0.1, 0.15) is 25.7 Å². The summed E-state index contributed by atoms with van der Waals surface area (Å²) in [4.78, 5) is 22.6. The Kier molecular flexibility index (Phi) is 4.16. The number of hydrogen-bond donors (Lipinski definition) is 3. The zero-order valence-electron chi connectivity index (χ0n) is 10.7. The Morgan fingerprint density at radius 1 is 1.47 bits per heavy atom. The Bertz CT molecular complexity index is 470. The second-order valence-corrected chi connectivity index (χ2v) is 5.00. The molecule has 7 heteroatoms. The fraction of sp³-hybridized carbons (Fsp3) is 0.583. The van der Waals surface area contributed by atoms with Crippen LogP contribution in [-0.2, 0) is 16.1 Å². The minimum atomic E-state index is -0.474. The van der Waals surface area contributed by atoms with Crippen molar-refractivity contribution in [3.63, 3.8) is 0 Å². The Hall–Kier alpha value is -1.89. The molecule has 1 aromatic rings. The van der Waals surface area contributed by atoms with Crippen LogP contribution in [0.3, 0.4) is 0 Å². The van der Waals surface area contributed by atoms with Gasteiger partial charge in [-0.25, -0.2) is 0 Å². The number of nitrogens with two attached hydrogens (primary N) is 2. The van der Waals surface area contributed by atoms with Gasteiger partial charge in [-0.15, -0.1) is 0 Å². The van der Waals surface area contributed by atoms with E-state index >= 15 is 0 Å². The quantitative estimate of drug-likeness (QED) is 0.685. The van der Waals surface area contributed by atoms with Crippen LogP contribution in [-0.4, -0.2) is 27.6 Å². The van der Waals surface area contributed by atoms with Crippen molar-refractivity contribution < 1.29 is 9.59 Å². The Morgan fingerprint density at radius 3 is 2.89 bits per heavy atom. The van der Waals surface area contributed by atoms with Crippen molar-refractivity contribution in [2.75, 3.05) is 5.32 Å². The number of rotatable bonds is 5. The van der Waals surface area contributed by atoms with Gasteiger partial charge in [0.25, 0.3) is 0 Å². The first-order valence-electron chi connectivity index (χ1n) is 6.41. The standard InChI is InChI=1S/C12H19N5O2/c13-10-3-1-2-8(10)4-12(19)16-9-5-15-17(6-9)7-11(14)18/h5-6,8,10H,1-4,7,13H2,(H2,14,18)(H,16,19)/t8-,10+/m0/s1. The largest absolute Gasteiger partial charge is 0.368 e. The second-order valence-electron chi connectivity index (χ2n) is 5.00. The lowest BCUT2D eigenvalue weighted by atomic mass is 10.00. The van der Waals surface area contributed by atoms with Crippen LogP contribution in [0.4, 0.5) is 5.69 Å². The summed E-state index contributed by atoms with van der Waals surface area (Å²) in [6.07, 6.45) is 6.61. The van der Waals surface area contributed by atoms with Crippen LogP contribution in [0.15, 0.2) is 12.4 Å². The fourth-order valence-corrected chi connectivity index (χ4v) is 2.44. The van der Waals surface area contributed by atoms with E-state index < -0.39 is 5.91 Å². The number of anilines is 1. The first-order valence-corrected chi connectivity index (χ1v) is 6.41. The maximum atomic E-state index is 11.9. The monoisotopic (exact) mass is 265 g/mol. The van der Waals surface area contributed by atoms with Gasteiger partial charge in [-0.05, 0) is 18.8 Å². The van der Waals surface area contributed by atoms with E-state index in [2.05, 4.69) is 10.4 Å². The molecule has 0 unspecified atom stereocenters. The third-order valence-electron chi connectivity index (χ3n) is 3.40. The highest BCUT2D eigenvalue weighted by Gasteiger charge is 2.26. The van der Waals surface area contributed by atoms with Gasteiger partial charge in [0.15, 0.2) is 0 Å². The normalized spacial score (nSPS) is 22.4. The molecule has 0 spiro atoms. The number of nitrogens with zero attached hydrogens (tertiary/aromatic N) is 2. The zero-order chi connectivity index (χ0) is 13.8. The predicted octanol–water partition coefficient (Wildman–Crippen LogP) is -0.176. The topological polar surface area (TPSA) is 116 Å². The smallest absolute Gasteiger partial charge is 0.239 e. The summed E-state index contributed by atoms with van der Waals surface area (Å²) in [6, 6.07) is 0.128. The molecule has 2 amide bonds. The van der Waals surface area contributed by atoms with Gasteiger partial charge in [0.2, 0.25) is 11.8 Å². The van der Waals surface area contributed by atoms with Crippen LogP contribution >= 0.6 is 0 Å². The van der Waals surface area contributed by atoms with Crippen LogP contribution in [0, 0.1) is 5.92 Å². The average molecular weight is 265 g/mol. The Morgan fingerprint density at radius 2 is 2.26 bits per heavy atom. The van der Waals surface area contributed by atoms with E-state index in [4.69, 9.17) is 11.5 Å². The van der Waals surface area contributed by atoms with Crippen molar-refractivity contribution in [2.24, 2.45) is 17.4 Å². The first kappa shape index (κ1) is 13.5. The molecule has 2 atom stereocenters. The molecule has 19 heavy (non-hydrogen) atoms. The molecule has 0 aliphatic heterocycles. The molecule has 1 aliphatic rings. The van der Waals surface area contributed by atoms with Crippen LogP contribution in [0.2, 0.25) is 0 Å². The van der Waals surface area contributed by atoms with Gasteiger partial charge >= 0.3 is 0 Å². The van der Waals surface area contributed by atoms with Gasteiger partial charge in [0.05, 0.1) is 11.9 Å². The molecule has 0 aromatic carbocycles. The first-order chi connectivity index (χ1) is 9.04. The molecule has 1 saturated carbocycles. The lowest BCUT2D eigenvalue weighted by molar-refractivity contribution is -0.119. The third kappa shape index (κ3) is 3.78. The second kappa shape index (κ2) is 5.83. The molecule has 0 saturated heterocycles. The average Bonchev–Trinajstić information content (AvgIpc) is 2.89. The highest BCUT2D eigenvalue weighted by atomic mass is 16.2. The molecule has 1 heterocycles. The number of nitrogens with one attached hydrogen (secondary N) is 1. The van der Waals surface area contributed by atoms with E-state index in [1.807, 2.05) is 0 Å². The van der Waals surface area contributed by atoms with Crippen molar-refractivity contribution >= 4 is 17.5 Å². The third-order valence-corrected chi connectivity index (χ3v) is 3.40. The predicted molar refractivity (Wildman–Crippen MR) is 70.0 cm³/mol. The molecule has 0 bridgehead atoms. The van der Waals surface area contributed by atoms with Crippen molar-refractivity contribution in [3.05, 3.63) is 12.4 Å². The van der Waals surface area contributed by atoms with E-state index in [1.165, 1.54) is 10.9 Å². The van der Waals surface area contributed by atoms with Crippen LogP contribution < -0.4 is 16.8 Å². The Labute approximate surface area is 111 Å². The molecular weight excluding hydrogens is 246 g/mol. The lowest BCUT2D eigenvalue weighted by Crippen LogP contribution is -2.28. The van der Waals surface area contributed by atoms with E-state index in [0.29, 0.717) is 12.1 Å². The molecule has 104 valence electrons. The SMILES string of the molecule is NC(=O)Cn1cc(NC(=O)C[C@@H]2CCC[C@H]2N)cn1. The van der Waals surface area contributed by atoms with Crippen LogP contribution in [0.25, 0.3) is 0 Å². The summed E-state index contributed by atoms with van der Waals surface area (Å²) >= 11 is 0. The summed E-state index contributed by atoms with van der Waals surface area (Å²) in [5, 5.41) is 6.69. The minimum Gasteiger partial charge on any atom is -0.368 e. The fourth-order valence-electron chi connectivity index (χ4n) is 2.44. The van der Waals surface area contributed by atoms with Crippen molar-refractivity contribution in [1.29, 1.82) is 0 Å². The number of carbonyl (C=O) groups excluding carboxylic acids is 2. The van der Waals surface area contributed by atoms with Crippen molar-refractivity contribution in [1.82, 2.24) is 9.78 Å². The number of carbonyl (C=O) groups is 2. The summed E-state index contributed by atoms with van der Waals surface area (Å²) in [5.41, 5.74) is 11.6. The van der Waals surface area contributed by atoms with Gasteiger partial charge in [0.1, 0.15) is 6.54 Å². The number of hydrogen-bond acceptors (Lipinski definition) is 4. The van der Waals surface area contributed by atoms with E-state index in [0.717, 1.165) is 19.3 Å². The van der Waals surface area contributed by atoms with E-state index in [9.17, 15) is 9.59 Å². The number of aromatic nitrogens is 2. The molecular formula is C12H19N5O2. The van der Waals surface area contributed by atoms with Gasteiger partial charge in [0, 0.05) is 18.7 Å². The van der Waals surface area contributed by atoms with Gasteiger partial charge in [-0.1, -0.05) is 6.42 Å². The van der Waals surface area contributed by atoms with E-state index in [1.54, 1.807) is 6.20 Å². The molecule has 1 aromatic heterocycles.